The maximum atomic E-state index is 13.1. The highest BCUT2D eigenvalue weighted by Crippen LogP contribution is 2.19. The Morgan fingerprint density at radius 2 is 1.84 bits per heavy atom. The van der Waals surface area contributed by atoms with Gasteiger partial charge in [-0.1, -0.05) is 12.1 Å². The van der Waals surface area contributed by atoms with Gasteiger partial charge in [0.25, 0.3) is 5.91 Å². The molecule has 6 nitrogen and oxygen atoms in total. The van der Waals surface area contributed by atoms with E-state index in [1.807, 2.05) is 55.6 Å². The molecule has 3 aromatic rings. The first-order valence-corrected chi connectivity index (χ1v) is 11.0. The van der Waals surface area contributed by atoms with Gasteiger partial charge in [-0.15, -0.1) is 11.3 Å². The maximum absolute atomic E-state index is 13.1. The van der Waals surface area contributed by atoms with Crippen LogP contribution < -0.4 is 9.47 Å². The predicted molar refractivity (Wildman–Crippen MR) is 124 cm³/mol. The van der Waals surface area contributed by atoms with Crippen molar-refractivity contribution in [2.75, 3.05) is 34.3 Å². The molecule has 0 N–H and O–H groups in total. The number of carbonyl (C=O) groups is 1. The minimum absolute atomic E-state index is 0.0185. The summed E-state index contributed by atoms with van der Waals surface area (Å²) < 4.78 is 11.1. The summed E-state index contributed by atoms with van der Waals surface area (Å²) in [5.74, 6) is 1.54. The summed E-state index contributed by atoms with van der Waals surface area (Å²) in [6, 6.07) is 15.2. The van der Waals surface area contributed by atoms with Gasteiger partial charge in [-0.05, 0) is 63.0 Å². The first-order valence-electron chi connectivity index (χ1n) is 10.2. The van der Waals surface area contributed by atoms with E-state index in [1.54, 1.807) is 42.7 Å². The number of benzene rings is 2. The highest BCUT2D eigenvalue weighted by Gasteiger charge is 2.18. The van der Waals surface area contributed by atoms with Gasteiger partial charge in [0.05, 0.1) is 19.3 Å². The predicted octanol–water partition coefficient (Wildman–Crippen LogP) is 4.24. The van der Waals surface area contributed by atoms with Crippen molar-refractivity contribution < 1.29 is 14.3 Å². The average molecular weight is 440 g/mol. The molecule has 3 rings (SSSR count). The molecule has 0 saturated carbocycles. The van der Waals surface area contributed by atoms with E-state index < -0.39 is 0 Å². The number of carbonyl (C=O) groups excluding carboxylic acids is 1. The smallest absolute Gasteiger partial charge is 0.254 e. The van der Waals surface area contributed by atoms with Gasteiger partial charge >= 0.3 is 0 Å². The van der Waals surface area contributed by atoms with Crippen LogP contribution in [0.3, 0.4) is 0 Å². The summed E-state index contributed by atoms with van der Waals surface area (Å²) >= 11 is 1.55. The lowest BCUT2D eigenvalue weighted by molar-refractivity contribution is 0.0730. The van der Waals surface area contributed by atoms with Crippen LogP contribution in [-0.4, -0.2) is 55.0 Å². The van der Waals surface area contributed by atoms with Gasteiger partial charge in [0.15, 0.2) is 0 Å². The van der Waals surface area contributed by atoms with Crippen LogP contribution in [0.1, 0.15) is 26.6 Å². The van der Waals surface area contributed by atoms with Crippen molar-refractivity contribution in [2.45, 2.75) is 20.1 Å². The van der Waals surface area contributed by atoms with E-state index in [9.17, 15) is 4.79 Å². The van der Waals surface area contributed by atoms with Gasteiger partial charge in [-0.2, -0.15) is 0 Å². The van der Waals surface area contributed by atoms with E-state index in [-0.39, 0.29) is 5.91 Å². The number of hydrogen-bond acceptors (Lipinski definition) is 6. The number of methoxy groups -OCH3 is 1. The molecule has 0 fully saturated rings. The summed E-state index contributed by atoms with van der Waals surface area (Å²) in [5, 5.41) is 2.89. The van der Waals surface area contributed by atoms with E-state index in [2.05, 4.69) is 9.88 Å². The molecule has 0 radical (unpaired) electrons. The Balaban J connectivity index is 1.66. The van der Waals surface area contributed by atoms with Crippen molar-refractivity contribution in [3.8, 4) is 11.5 Å². The van der Waals surface area contributed by atoms with Crippen LogP contribution in [0.2, 0.25) is 0 Å². The lowest BCUT2D eigenvalue weighted by Gasteiger charge is -2.24. The van der Waals surface area contributed by atoms with Crippen molar-refractivity contribution in [3.05, 3.63) is 75.7 Å². The third kappa shape index (κ3) is 6.80. The number of aryl methyl sites for hydroxylation is 1. The molecule has 164 valence electrons. The lowest BCUT2D eigenvalue weighted by atomic mass is 10.2. The Labute approximate surface area is 188 Å². The molecule has 0 aliphatic rings. The summed E-state index contributed by atoms with van der Waals surface area (Å²) in [7, 11) is 5.61. The van der Waals surface area contributed by atoms with Gasteiger partial charge in [-0.25, -0.2) is 4.98 Å². The van der Waals surface area contributed by atoms with Crippen molar-refractivity contribution in [1.29, 1.82) is 0 Å². The zero-order valence-electron chi connectivity index (χ0n) is 18.5. The fourth-order valence-corrected chi connectivity index (χ4v) is 3.72. The average Bonchev–Trinajstić information content (AvgIpc) is 3.22. The lowest BCUT2D eigenvalue weighted by Crippen LogP contribution is -2.36. The number of aromatic nitrogens is 1. The Bertz CT molecular complexity index is 986. The molecule has 1 aromatic heterocycles. The van der Waals surface area contributed by atoms with E-state index in [4.69, 9.17) is 9.47 Å². The topological polar surface area (TPSA) is 54.9 Å². The van der Waals surface area contributed by atoms with E-state index >= 15 is 0 Å². The molecule has 0 atom stereocenters. The normalized spacial score (nSPS) is 10.9. The van der Waals surface area contributed by atoms with Crippen molar-refractivity contribution in [2.24, 2.45) is 0 Å². The second kappa shape index (κ2) is 10.9. The molecule has 0 saturated heterocycles. The fourth-order valence-electron chi connectivity index (χ4n) is 3.02. The molecule has 1 amide bonds. The quantitative estimate of drug-likeness (QED) is 0.473. The monoisotopic (exact) mass is 439 g/mol. The van der Waals surface area contributed by atoms with Gasteiger partial charge in [0, 0.05) is 24.0 Å². The zero-order valence-corrected chi connectivity index (χ0v) is 19.3. The molecular formula is C24H29N3O3S. The molecule has 0 aliphatic heterocycles. The highest BCUT2D eigenvalue weighted by molar-refractivity contribution is 7.09. The Morgan fingerprint density at radius 1 is 1.06 bits per heavy atom. The highest BCUT2D eigenvalue weighted by atomic mass is 32.1. The molecule has 31 heavy (non-hydrogen) atoms. The van der Waals surface area contributed by atoms with Crippen LogP contribution in [0.15, 0.2) is 53.9 Å². The fraction of sp³-hybridized carbons (Fsp3) is 0.333. The van der Waals surface area contributed by atoms with Crippen molar-refractivity contribution in [1.82, 2.24) is 14.8 Å². The van der Waals surface area contributed by atoms with Crippen LogP contribution >= 0.6 is 11.3 Å². The molecule has 0 spiro atoms. The number of ether oxygens (including phenoxy) is 2. The van der Waals surface area contributed by atoms with Crippen LogP contribution in [0.5, 0.6) is 11.5 Å². The molecule has 0 unspecified atom stereocenters. The summed E-state index contributed by atoms with van der Waals surface area (Å²) in [6.45, 7) is 4.30. The number of amides is 1. The first kappa shape index (κ1) is 22.8. The second-order valence-corrected chi connectivity index (χ2v) is 8.54. The number of likely N-dealkylation sites (N-methyl/N-ethyl adjacent to an activating group) is 1. The molecule has 1 heterocycles. The molecule has 7 heteroatoms. The maximum Gasteiger partial charge on any atom is 0.254 e. The number of nitrogens with zero attached hydrogens (tertiary/aromatic N) is 3. The van der Waals surface area contributed by atoms with E-state index in [0.29, 0.717) is 25.3 Å². The van der Waals surface area contributed by atoms with Gasteiger partial charge in [-0.3, -0.25) is 4.79 Å². The molecule has 2 aromatic carbocycles. The van der Waals surface area contributed by atoms with E-state index in [0.717, 1.165) is 34.3 Å². The number of thiazole rings is 1. The van der Waals surface area contributed by atoms with Crippen LogP contribution in [-0.2, 0) is 13.2 Å². The summed E-state index contributed by atoms with van der Waals surface area (Å²) in [6.07, 6.45) is 0. The Morgan fingerprint density at radius 3 is 2.52 bits per heavy atom. The Kier molecular flexibility index (Phi) is 8.03. The third-order valence-electron chi connectivity index (χ3n) is 4.75. The van der Waals surface area contributed by atoms with Gasteiger partial charge in [0.1, 0.15) is 23.1 Å². The molecule has 0 bridgehead atoms. The second-order valence-electron chi connectivity index (χ2n) is 7.60. The van der Waals surface area contributed by atoms with Crippen molar-refractivity contribution >= 4 is 17.2 Å². The molecular weight excluding hydrogens is 410 g/mol. The SMILES string of the molecule is COc1ccc(C(=O)N(CCN(C)C)Cc2csc(COc3cccc(C)c3)n2)cc1. The largest absolute Gasteiger partial charge is 0.497 e. The van der Waals surface area contributed by atoms with Gasteiger partial charge in [0.2, 0.25) is 0 Å². The standard InChI is InChI=1S/C24H29N3O3S/c1-18-6-5-7-22(14-18)30-16-23-25-20(17-31-23)15-27(13-12-26(2)3)24(28)19-8-10-21(29-4)11-9-19/h5-11,14,17H,12-13,15-16H2,1-4H3. The Hall–Kier alpha value is -2.90. The summed E-state index contributed by atoms with van der Waals surface area (Å²) in [4.78, 5) is 21.7. The zero-order chi connectivity index (χ0) is 22.2. The third-order valence-corrected chi connectivity index (χ3v) is 5.62. The number of rotatable bonds is 10. The molecule has 0 aliphatic carbocycles. The van der Waals surface area contributed by atoms with Crippen LogP contribution in [0.25, 0.3) is 0 Å². The van der Waals surface area contributed by atoms with E-state index in [1.165, 1.54) is 0 Å². The van der Waals surface area contributed by atoms with Crippen molar-refractivity contribution in [3.63, 3.8) is 0 Å². The minimum Gasteiger partial charge on any atom is -0.497 e. The summed E-state index contributed by atoms with van der Waals surface area (Å²) in [5.41, 5.74) is 2.66. The van der Waals surface area contributed by atoms with Crippen LogP contribution in [0.4, 0.5) is 0 Å². The minimum atomic E-state index is -0.0185. The first-order chi connectivity index (χ1) is 14.9. The van der Waals surface area contributed by atoms with Crippen LogP contribution in [0, 0.1) is 6.92 Å². The van der Waals surface area contributed by atoms with Gasteiger partial charge < -0.3 is 19.3 Å². The number of hydrogen-bond donors (Lipinski definition) is 0.